The minimum atomic E-state index is 0.612. The number of hydrogen-bond acceptors (Lipinski definition) is 2. The Hall–Kier alpha value is -1.32. The van der Waals surface area contributed by atoms with Gasteiger partial charge in [0.15, 0.2) is 0 Å². The number of nitrogens with zero attached hydrogens (tertiary/aromatic N) is 2. The Bertz CT molecular complexity index is 573. The van der Waals surface area contributed by atoms with E-state index in [1.807, 2.05) is 18.2 Å². The van der Waals surface area contributed by atoms with Crippen molar-refractivity contribution in [1.29, 1.82) is 0 Å². The number of aromatic nitrogens is 2. The Morgan fingerprint density at radius 1 is 1.14 bits per heavy atom. The van der Waals surface area contributed by atoms with Gasteiger partial charge in [0.05, 0.1) is 11.7 Å². The summed E-state index contributed by atoms with van der Waals surface area (Å²) in [5, 5.41) is 8.93. The Kier molecular flexibility index (Phi) is 4.94. The summed E-state index contributed by atoms with van der Waals surface area (Å²) < 4.78 is 2.16. The first-order valence-electron chi connectivity index (χ1n) is 7.80. The lowest BCUT2D eigenvalue weighted by Crippen LogP contribution is -2.16. The molecule has 2 aromatic rings. The molecule has 1 saturated carbocycles. The number of hydrogen-bond donors (Lipinski definition) is 1. The Balaban J connectivity index is 1.50. The molecule has 4 heteroatoms. The molecule has 1 fully saturated rings. The molecule has 3 rings (SSSR count). The first kappa shape index (κ1) is 14.6. The van der Waals surface area contributed by atoms with Crippen molar-refractivity contribution < 1.29 is 0 Å². The third kappa shape index (κ3) is 4.08. The van der Waals surface area contributed by atoms with Gasteiger partial charge in [-0.25, -0.2) is 0 Å². The zero-order valence-corrected chi connectivity index (χ0v) is 13.0. The average Bonchev–Trinajstić information content (AvgIpc) is 2.97. The van der Waals surface area contributed by atoms with Gasteiger partial charge in [-0.2, -0.15) is 5.10 Å². The second-order valence-corrected chi connectivity index (χ2v) is 6.25. The van der Waals surface area contributed by atoms with E-state index in [1.54, 1.807) is 0 Å². The normalized spacial score (nSPS) is 16.2. The second-order valence-electron chi connectivity index (χ2n) is 5.81. The number of benzene rings is 1. The molecule has 0 saturated heterocycles. The van der Waals surface area contributed by atoms with Crippen LogP contribution in [0.15, 0.2) is 36.5 Å². The average molecular weight is 304 g/mol. The quantitative estimate of drug-likeness (QED) is 0.891. The van der Waals surface area contributed by atoms with Crippen LogP contribution in [0.1, 0.15) is 49.4 Å². The predicted octanol–water partition coefficient (Wildman–Crippen LogP) is 4.33. The zero-order chi connectivity index (χ0) is 14.5. The Morgan fingerprint density at radius 2 is 2.00 bits per heavy atom. The van der Waals surface area contributed by atoms with E-state index in [0.717, 1.165) is 23.8 Å². The summed E-state index contributed by atoms with van der Waals surface area (Å²) in [6.07, 6.45) is 8.74. The lowest BCUT2D eigenvalue weighted by Gasteiger charge is -2.21. The van der Waals surface area contributed by atoms with Crippen LogP contribution in [0.5, 0.6) is 0 Å². The maximum atomic E-state index is 5.99. The maximum absolute atomic E-state index is 5.99. The van der Waals surface area contributed by atoms with Gasteiger partial charge in [0.1, 0.15) is 0 Å². The van der Waals surface area contributed by atoms with Crippen molar-refractivity contribution in [3.8, 4) is 0 Å². The molecule has 112 valence electrons. The monoisotopic (exact) mass is 303 g/mol. The van der Waals surface area contributed by atoms with Crippen LogP contribution in [0.4, 0.5) is 0 Å². The fourth-order valence-electron chi connectivity index (χ4n) is 3.00. The van der Waals surface area contributed by atoms with E-state index in [-0.39, 0.29) is 0 Å². The molecule has 1 heterocycles. The van der Waals surface area contributed by atoms with E-state index in [9.17, 15) is 0 Å². The standard InChI is InChI=1S/C17H22ClN3/c18-15-6-4-5-14(11-15)12-19-13-16-9-10-21(20-16)17-7-2-1-3-8-17/h4-6,9-11,17,19H,1-3,7-8,12-13H2. The fraction of sp³-hybridized carbons (Fsp3) is 0.471. The maximum Gasteiger partial charge on any atom is 0.0762 e. The van der Waals surface area contributed by atoms with Crippen molar-refractivity contribution in [3.63, 3.8) is 0 Å². The summed E-state index contributed by atoms with van der Waals surface area (Å²) in [6, 6.07) is 10.7. The molecular weight excluding hydrogens is 282 g/mol. The number of rotatable bonds is 5. The summed E-state index contributed by atoms with van der Waals surface area (Å²) in [4.78, 5) is 0. The third-order valence-electron chi connectivity index (χ3n) is 4.14. The van der Waals surface area contributed by atoms with Crippen molar-refractivity contribution in [2.75, 3.05) is 0 Å². The van der Waals surface area contributed by atoms with Crippen molar-refractivity contribution in [2.24, 2.45) is 0 Å². The van der Waals surface area contributed by atoms with Gasteiger partial charge in [0.25, 0.3) is 0 Å². The topological polar surface area (TPSA) is 29.9 Å². The van der Waals surface area contributed by atoms with E-state index in [4.69, 9.17) is 16.7 Å². The van der Waals surface area contributed by atoms with Crippen molar-refractivity contribution in [3.05, 3.63) is 52.8 Å². The molecule has 0 radical (unpaired) electrons. The molecule has 0 atom stereocenters. The van der Waals surface area contributed by atoms with Gasteiger partial charge in [-0.1, -0.05) is 43.0 Å². The van der Waals surface area contributed by atoms with E-state index >= 15 is 0 Å². The first-order chi connectivity index (χ1) is 10.3. The fourth-order valence-corrected chi connectivity index (χ4v) is 3.22. The van der Waals surface area contributed by atoms with E-state index in [2.05, 4.69) is 28.3 Å². The van der Waals surface area contributed by atoms with Gasteiger partial charge in [-0.3, -0.25) is 4.68 Å². The molecule has 1 aliphatic rings. The minimum Gasteiger partial charge on any atom is -0.307 e. The molecule has 0 spiro atoms. The van der Waals surface area contributed by atoms with Gasteiger partial charge >= 0.3 is 0 Å². The van der Waals surface area contributed by atoms with Gasteiger partial charge in [0, 0.05) is 24.3 Å². The van der Waals surface area contributed by atoms with E-state index in [0.29, 0.717) is 6.04 Å². The van der Waals surface area contributed by atoms with Gasteiger partial charge in [-0.05, 0) is 36.6 Å². The number of nitrogens with one attached hydrogen (secondary N) is 1. The third-order valence-corrected chi connectivity index (χ3v) is 4.37. The molecule has 1 aromatic carbocycles. The van der Waals surface area contributed by atoms with Crippen LogP contribution in [0.25, 0.3) is 0 Å². The number of halogens is 1. The Morgan fingerprint density at radius 3 is 2.81 bits per heavy atom. The highest BCUT2D eigenvalue weighted by Crippen LogP contribution is 2.27. The molecule has 0 aliphatic heterocycles. The highest BCUT2D eigenvalue weighted by Gasteiger charge is 2.15. The minimum absolute atomic E-state index is 0.612. The van der Waals surface area contributed by atoms with Crippen molar-refractivity contribution >= 4 is 11.6 Å². The molecule has 3 nitrogen and oxygen atoms in total. The summed E-state index contributed by atoms with van der Waals surface area (Å²) >= 11 is 5.99. The van der Waals surface area contributed by atoms with Crippen molar-refractivity contribution in [1.82, 2.24) is 15.1 Å². The highest BCUT2D eigenvalue weighted by molar-refractivity contribution is 6.30. The Labute approximate surface area is 131 Å². The molecule has 0 unspecified atom stereocenters. The van der Waals surface area contributed by atoms with E-state index < -0.39 is 0 Å². The molecule has 0 bridgehead atoms. The van der Waals surface area contributed by atoms with Crippen LogP contribution in [-0.2, 0) is 13.1 Å². The zero-order valence-electron chi connectivity index (χ0n) is 12.3. The van der Waals surface area contributed by atoms with Crippen LogP contribution in [0.2, 0.25) is 5.02 Å². The SMILES string of the molecule is Clc1cccc(CNCc2ccn(C3CCCCC3)n2)c1. The summed E-state index contributed by atoms with van der Waals surface area (Å²) in [5.74, 6) is 0. The van der Waals surface area contributed by atoms with Crippen LogP contribution in [0, 0.1) is 0 Å². The second kappa shape index (κ2) is 7.10. The van der Waals surface area contributed by atoms with Crippen LogP contribution in [-0.4, -0.2) is 9.78 Å². The van der Waals surface area contributed by atoms with Crippen LogP contribution < -0.4 is 5.32 Å². The van der Waals surface area contributed by atoms with Crippen LogP contribution >= 0.6 is 11.6 Å². The summed E-state index contributed by atoms with van der Waals surface area (Å²) in [7, 11) is 0. The summed E-state index contributed by atoms with van der Waals surface area (Å²) in [5.41, 5.74) is 2.32. The van der Waals surface area contributed by atoms with E-state index in [1.165, 1.54) is 37.7 Å². The lowest BCUT2D eigenvalue weighted by atomic mass is 9.96. The largest absolute Gasteiger partial charge is 0.307 e. The molecular formula is C17H22ClN3. The highest BCUT2D eigenvalue weighted by atomic mass is 35.5. The molecule has 1 aliphatic carbocycles. The van der Waals surface area contributed by atoms with Gasteiger partial charge < -0.3 is 5.32 Å². The molecule has 1 aromatic heterocycles. The van der Waals surface area contributed by atoms with Crippen LogP contribution in [0.3, 0.4) is 0 Å². The molecule has 21 heavy (non-hydrogen) atoms. The smallest absolute Gasteiger partial charge is 0.0762 e. The summed E-state index contributed by atoms with van der Waals surface area (Å²) in [6.45, 7) is 1.61. The molecule has 0 amide bonds. The van der Waals surface area contributed by atoms with Crippen molar-refractivity contribution in [2.45, 2.75) is 51.2 Å². The lowest BCUT2D eigenvalue weighted by molar-refractivity contribution is 0.327. The van der Waals surface area contributed by atoms with Gasteiger partial charge in [-0.15, -0.1) is 0 Å². The van der Waals surface area contributed by atoms with Gasteiger partial charge in [0.2, 0.25) is 0 Å². The predicted molar refractivity (Wildman–Crippen MR) is 86.3 cm³/mol. The first-order valence-corrected chi connectivity index (χ1v) is 8.18. The molecule has 1 N–H and O–H groups in total.